The zero-order chi connectivity index (χ0) is 16.4. The number of benzene rings is 2. The van der Waals surface area contributed by atoms with Gasteiger partial charge in [-0.25, -0.2) is 9.59 Å². The second-order valence-corrected chi connectivity index (χ2v) is 4.05. The number of methoxy groups -OCH3 is 3. The van der Waals surface area contributed by atoms with E-state index >= 15 is 0 Å². The van der Waals surface area contributed by atoms with Crippen LogP contribution in [0.5, 0.6) is 5.75 Å². The summed E-state index contributed by atoms with van der Waals surface area (Å²) in [7, 11) is 4.18. The number of hydrogen-bond donors (Lipinski definition) is 0. The van der Waals surface area contributed by atoms with Gasteiger partial charge in [-0.3, -0.25) is 0 Å². The third-order valence-electron chi connectivity index (χ3n) is 2.72. The van der Waals surface area contributed by atoms with Gasteiger partial charge >= 0.3 is 11.9 Å². The summed E-state index contributed by atoms with van der Waals surface area (Å²) in [5, 5.41) is 0. The van der Waals surface area contributed by atoms with E-state index in [2.05, 4.69) is 9.47 Å². The highest BCUT2D eigenvalue weighted by Gasteiger charge is 2.16. The highest BCUT2D eigenvalue weighted by molar-refractivity contribution is 6.02. The van der Waals surface area contributed by atoms with Crippen LogP contribution >= 0.6 is 0 Å². The maximum atomic E-state index is 11.2. The minimum absolute atomic E-state index is 0.210. The molecule has 22 heavy (non-hydrogen) atoms. The van der Waals surface area contributed by atoms with E-state index in [1.54, 1.807) is 19.2 Å². The first-order chi connectivity index (χ1) is 10.6. The van der Waals surface area contributed by atoms with Gasteiger partial charge in [0, 0.05) is 0 Å². The Hall–Kier alpha value is -2.82. The first-order valence-corrected chi connectivity index (χ1v) is 6.48. The van der Waals surface area contributed by atoms with E-state index in [-0.39, 0.29) is 11.1 Å². The molecule has 116 valence electrons. The molecular formula is C17H18O5. The van der Waals surface area contributed by atoms with Crippen LogP contribution in [0, 0.1) is 0 Å². The number of carbonyl (C=O) groups excluding carboxylic acids is 2. The maximum Gasteiger partial charge on any atom is 0.338 e. The number of ether oxygens (including phenoxy) is 3. The van der Waals surface area contributed by atoms with Crippen molar-refractivity contribution in [2.75, 3.05) is 21.3 Å². The number of esters is 2. The van der Waals surface area contributed by atoms with Crippen LogP contribution in [-0.2, 0) is 9.47 Å². The summed E-state index contributed by atoms with van der Waals surface area (Å²) >= 11 is 0. The molecule has 0 amide bonds. The topological polar surface area (TPSA) is 61.8 Å². The Morgan fingerprint density at radius 1 is 0.682 bits per heavy atom. The second kappa shape index (κ2) is 9.18. The average molecular weight is 302 g/mol. The molecule has 0 saturated heterocycles. The summed E-state index contributed by atoms with van der Waals surface area (Å²) in [5.41, 5.74) is 0.420. The smallest absolute Gasteiger partial charge is 0.338 e. The fourth-order valence-corrected chi connectivity index (χ4v) is 1.62. The highest BCUT2D eigenvalue weighted by atomic mass is 16.5. The lowest BCUT2D eigenvalue weighted by Gasteiger charge is -2.04. The van der Waals surface area contributed by atoms with Gasteiger partial charge in [-0.05, 0) is 24.3 Å². The van der Waals surface area contributed by atoms with Crippen molar-refractivity contribution in [1.29, 1.82) is 0 Å². The molecule has 0 spiro atoms. The van der Waals surface area contributed by atoms with Crippen LogP contribution in [0.2, 0.25) is 0 Å². The van der Waals surface area contributed by atoms with E-state index in [9.17, 15) is 9.59 Å². The molecule has 0 aromatic heterocycles. The average Bonchev–Trinajstić information content (AvgIpc) is 2.61. The number of carbonyl (C=O) groups is 2. The summed E-state index contributed by atoms with van der Waals surface area (Å²) in [6.45, 7) is 0. The molecular weight excluding hydrogens is 284 g/mol. The summed E-state index contributed by atoms with van der Waals surface area (Å²) in [5.74, 6) is -0.190. The number of hydrogen-bond acceptors (Lipinski definition) is 5. The third kappa shape index (κ3) is 4.94. The third-order valence-corrected chi connectivity index (χ3v) is 2.72. The van der Waals surface area contributed by atoms with Crippen molar-refractivity contribution in [2.45, 2.75) is 0 Å². The zero-order valence-corrected chi connectivity index (χ0v) is 12.7. The van der Waals surface area contributed by atoms with E-state index in [0.29, 0.717) is 0 Å². The van der Waals surface area contributed by atoms with Crippen molar-refractivity contribution in [3.05, 3.63) is 65.7 Å². The first kappa shape index (κ1) is 17.2. The second-order valence-electron chi connectivity index (χ2n) is 4.05. The molecule has 2 aromatic carbocycles. The van der Waals surface area contributed by atoms with Gasteiger partial charge in [-0.15, -0.1) is 0 Å². The van der Waals surface area contributed by atoms with E-state index in [0.717, 1.165) is 5.75 Å². The molecule has 2 aromatic rings. The number of para-hydroxylation sites is 1. The van der Waals surface area contributed by atoms with Crippen LogP contribution in [0.4, 0.5) is 0 Å². The van der Waals surface area contributed by atoms with Crippen molar-refractivity contribution in [2.24, 2.45) is 0 Å². The molecule has 0 heterocycles. The number of rotatable bonds is 3. The molecule has 0 aliphatic heterocycles. The molecule has 5 nitrogen and oxygen atoms in total. The Bertz CT molecular complexity index is 572. The predicted molar refractivity (Wildman–Crippen MR) is 82.1 cm³/mol. The Labute approximate surface area is 129 Å². The molecule has 0 unspecified atom stereocenters. The Morgan fingerprint density at radius 3 is 1.41 bits per heavy atom. The Morgan fingerprint density at radius 2 is 1.09 bits per heavy atom. The van der Waals surface area contributed by atoms with Crippen LogP contribution in [0.25, 0.3) is 0 Å². The van der Waals surface area contributed by atoms with E-state index in [1.165, 1.54) is 26.4 Å². The largest absolute Gasteiger partial charge is 0.497 e. The van der Waals surface area contributed by atoms with Gasteiger partial charge in [0.25, 0.3) is 0 Å². The summed E-state index contributed by atoms with van der Waals surface area (Å²) in [4.78, 5) is 22.4. The lowest BCUT2D eigenvalue weighted by molar-refractivity contribution is 0.0555. The van der Waals surface area contributed by atoms with Crippen LogP contribution < -0.4 is 4.74 Å². The van der Waals surface area contributed by atoms with Crippen molar-refractivity contribution < 1.29 is 23.8 Å². The van der Waals surface area contributed by atoms with Crippen molar-refractivity contribution >= 4 is 11.9 Å². The minimum atomic E-state index is -0.550. The quantitative estimate of drug-likeness (QED) is 0.816. The summed E-state index contributed by atoms with van der Waals surface area (Å²) in [6.07, 6.45) is 0. The van der Waals surface area contributed by atoms with Crippen LogP contribution in [0.15, 0.2) is 54.6 Å². The summed E-state index contributed by atoms with van der Waals surface area (Å²) in [6, 6.07) is 16.0. The molecule has 5 heteroatoms. The molecule has 2 rings (SSSR count). The van der Waals surface area contributed by atoms with Crippen LogP contribution in [-0.4, -0.2) is 33.3 Å². The predicted octanol–water partition coefficient (Wildman–Crippen LogP) is 2.96. The standard InChI is InChI=1S/C10H10O4.C7H8O/c1-13-9(11)7-5-3-4-6-8(7)10(12)14-2;1-8-7-5-3-2-4-6-7/h3-6H,1-2H3;2-6H,1H3. The molecule has 0 saturated carbocycles. The highest BCUT2D eigenvalue weighted by Crippen LogP contribution is 2.11. The van der Waals surface area contributed by atoms with Gasteiger partial charge in [0.2, 0.25) is 0 Å². The fraction of sp³-hybridized carbons (Fsp3) is 0.176. The lowest BCUT2D eigenvalue weighted by atomic mass is 10.1. The lowest BCUT2D eigenvalue weighted by Crippen LogP contribution is -2.11. The van der Waals surface area contributed by atoms with E-state index in [4.69, 9.17) is 4.74 Å². The van der Waals surface area contributed by atoms with Crippen LogP contribution in [0.3, 0.4) is 0 Å². The van der Waals surface area contributed by atoms with Gasteiger partial charge in [-0.2, -0.15) is 0 Å². The fourth-order valence-electron chi connectivity index (χ4n) is 1.62. The molecule has 0 aliphatic rings. The van der Waals surface area contributed by atoms with Crippen LogP contribution in [0.1, 0.15) is 20.7 Å². The molecule has 0 N–H and O–H groups in total. The molecule has 0 radical (unpaired) electrons. The SMILES string of the molecule is COC(=O)c1ccccc1C(=O)OC.COc1ccccc1. The molecule has 0 aliphatic carbocycles. The van der Waals surface area contributed by atoms with E-state index < -0.39 is 11.9 Å². The molecule has 0 fully saturated rings. The first-order valence-electron chi connectivity index (χ1n) is 6.48. The van der Waals surface area contributed by atoms with Crippen molar-refractivity contribution in [1.82, 2.24) is 0 Å². The Kier molecular flexibility index (Phi) is 7.19. The van der Waals surface area contributed by atoms with Gasteiger partial charge in [0.05, 0.1) is 32.5 Å². The molecule has 0 bridgehead atoms. The van der Waals surface area contributed by atoms with Gasteiger partial charge in [0.15, 0.2) is 0 Å². The van der Waals surface area contributed by atoms with Crippen molar-refractivity contribution in [3.8, 4) is 5.75 Å². The van der Waals surface area contributed by atoms with E-state index in [1.807, 2.05) is 30.3 Å². The minimum Gasteiger partial charge on any atom is -0.497 e. The van der Waals surface area contributed by atoms with Gasteiger partial charge in [0.1, 0.15) is 5.75 Å². The summed E-state index contributed by atoms with van der Waals surface area (Å²) < 4.78 is 14.0. The van der Waals surface area contributed by atoms with Gasteiger partial charge < -0.3 is 14.2 Å². The zero-order valence-electron chi connectivity index (χ0n) is 12.7. The maximum absolute atomic E-state index is 11.2. The Balaban J connectivity index is 0.000000255. The van der Waals surface area contributed by atoms with Crippen molar-refractivity contribution in [3.63, 3.8) is 0 Å². The normalized spacial score (nSPS) is 9.05. The molecule has 0 atom stereocenters. The van der Waals surface area contributed by atoms with Gasteiger partial charge in [-0.1, -0.05) is 30.3 Å². The monoisotopic (exact) mass is 302 g/mol.